The van der Waals surface area contributed by atoms with Gasteiger partial charge in [0.1, 0.15) is 0 Å². The molecule has 2 fully saturated rings. The molecule has 0 bridgehead atoms. The van der Waals surface area contributed by atoms with Crippen LogP contribution in [0.3, 0.4) is 0 Å². The summed E-state index contributed by atoms with van der Waals surface area (Å²) in [6, 6.07) is 13.6. The number of benzene rings is 2. The Labute approximate surface area is 169 Å². The van der Waals surface area contributed by atoms with E-state index in [-0.39, 0.29) is 0 Å². The molecule has 3 aliphatic rings. The molecule has 4 unspecified atom stereocenters. The lowest BCUT2D eigenvalue weighted by atomic mass is 10.1. The van der Waals surface area contributed by atoms with Crippen molar-refractivity contribution >= 4 is 81.3 Å². The van der Waals surface area contributed by atoms with Crippen molar-refractivity contribution < 1.29 is 0 Å². The molecule has 0 amide bonds. The van der Waals surface area contributed by atoms with Crippen LogP contribution in [0.1, 0.15) is 0 Å². The number of hydrogen-bond donors (Lipinski definition) is 0. The molecule has 5 rings (SSSR count). The van der Waals surface area contributed by atoms with Crippen molar-refractivity contribution in [1.82, 2.24) is 0 Å². The predicted molar refractivity (Wildman–Crippen MR) is 121 cm³/mol. The van der Waals surface area contributed by atoms with Crippen LogP contribution < -0.4 is 0 Å². The molecule has 0 N–H and O–H groups in total. The van der Waals surface area contributed by atoms with Gasteiger partial charge in [-0.3, -0.25) is 0 Å². The maximum absolute atomic E-state index is 2.42. The Morgan fingerprint density at radius 2 is 1.25 bits per heavy atom. The first kappa shape index (κ1) is 16.9. The third-order valence-electron chi connectivity index (χ3n) is 4.22. The molecular formula is C18H18S6. The van der Waals surface area contributed by atoms with E-state index >= 15 is 0 Å². The highest BCUT2D eigenvalue weighted by Crippen LogP contribution is 2.54. The van der Waals surface area contributed by atoms with Gasteiger partial charge in [0, 0.05) is 43.3 Å². The highest BCUT2D eigenvalue weighted by Gasteiger charge is 2.35. The molecule has 0 radical (unpaired) electrons. The van der Waals surface area contributed by atoms with Crippen molar-refractivity contribution in [2.75, 3.05) is 23.0 Å². The van der Waals surface area contributed by atoms with E-state index in [0.717, 1.165) is 10.5 Å². The quantitative estimate of drug-likeness (QED) is 0.487. The fraction of sp³-hybridized carbons (Fsp3) is 0.444. The molecule has 2 saturated heterocycles. The van der Waals surface area contributed by atoms with Crippen molar-refractivity contribution in [3.05, 3.63) is 36.4 Å². The van der Waals surface area contributed by atoms with Gasteiger partial charge in [-0.05, 0) is 22.9 Å². The summed E-state index contributed by atoms with van der Waals surface area (Å²) in [5.74, 6) is 5.44. The highest BCUT2D eigenvalue weighted by molar-refractivity contribution is 8.25. The zero-order valence-corrected chi connectivity index (χ0v) is 18.0. The Morgan fingerprint density at radius 1 is 0.792 bits per heavy atom. The largest absolute Gasteiger partial charge is 0.156 e. The van der Waals surface area contributed by atoms with Crippen LogP contribution in [0.2, 0.25) is 0 Å². The molecule has 2 aromatic rings. The molecule has 2 aromatic carbocycles. The van der Waals surface area contributed by atoms with Gasteiger partial charge in [0.2, 0.25) is 0 Å². The van der Waals surface area contributed by atoms with Crippen LogP contribution in [0.5, 0.6) is 0 Å². The van der Waals surface area contributed by atoms with Crippen molar-refractivity contribution in [3.63, 3.8) is 0 Å². The van der Waals surface area contributed by atoms with Crippen molar-refractivity contribution in [2.45, 2.75) is 29.5 Å². The fourth-order valence-electron chi connectivity index (χ4n) is 2.70. The molecular weight excluding hydrogens is 409 g/mol. The fourth-order valence-corrected chi connectivity index (χ4v) is 11.1. The van der Waals surface area contributed by atoms with E-state index in [1.807, 2.05) is 0 Å². The van der Waals surface area contributed by atoms with Crippen molar-refractivity contribution in [3.8, 4) is 0 Å². The van der Waals surface area contributed by atoms with Crippen molar-refractivity contribution in [2.24, 2.45) is 0 Å². The topological polar surface area (TPSA) is 0 Å². The van der Waals surface area contributed by atoms with E-state index in [9.17, 15) is 0 Å². The van der Waals surface area contributed by atoms with E-state index in [1.165, 1.54) is 43.6 Å². The maximum atomic E-state index is 2.42. The predicted octanol–water partition coefficient (Wildman–Crippen LogP) is 6.39. The first-order chi connectivity index (χ1) is 11.8. The lowest BCUT2D eigenvalue weighted by Crippen LogP contribution is -2.19. The second-order valence-electron chi connectivity index (χ2n) is 6.20. The first-order valence-corrected chi connectivity index (χ1v) is 14.1. The van der Waals surface area contributed by atoms with Gasteiger partial charge in [-0.15, -0.1) is 47.0 Å². The molecule has 0 spiro atoms. The number of thioether (sulfide) groups is 6. The zero-order valence-electron chi connectivity index (χ0n) is 13.1. The summed E-state index contributed by atoms with van der Waals surface area (Å²) >= 11 is 12.9. The van der Waals surface area contributed by atoms with E-state index < -0.39 is 0 Å². The van der Waals surface area contributed by atoms with Crippen LogP contribution in [-0.2, 0) is 0 Å². The first-order valence-electron chi connectivity index (χ1n) is 8.18. The van der Waals surface area contributed by atoms with E-state index in [4.69, 9.17) is 0 Å². The van der Waals surface area contributed by atoms with Crippen molar-refractivity contribution in [1.29, 1.82) is 0 Å². The standard InChI is InChI=1S/C18H18S6/c1-2-4-12-6-16-15(5-11(12)3-1)23-17(21-9-13-7-19-13)18(24-16)22-10-14-8-20-14/h1-6,13-14,17-18H,7-10H2. The molecule has 0 aliphatic carbocycles. The lowest BCUT2D eigenvalue weighted by Gasteiger charge is -2.31. The monoisotopic (exact) mass is 426 g/mol. The summed E-state index contributed by atoms with van der Waals surface area (Å²) < 4.78 is 1.39. The maximum Gasteiger partial charge on any atom is 0.0763 e. The average Bonchev–Trinajstić information content (AvgIpc) is 3.50. The SMILES string of the molecule is c1ccc2cc3c(cc2c1)SC(SCC1CS1)C(SCC1CS1)S3. The molecule has 0 saturated carbocycles. The van der Waals surface area contributed by atoms with Gasteiger partial charge in [0.15, 0.2) is 0 Å². The molecule has 4 atom stereocenters. The van der Waals surface area contributed by atoms with Gasteiger partial charge in [0.05, 0.1) is 9.16 Å². The molecule has 6 heteroatoms. The normalized spacial score (nSPS) is 31.0. The van der Waals surface area contributed by atoms with Crippen LogP contribution >= 0.6 is 70.6 Å². The molecule has 0 aromatic heterocycles. The third-order valence-corrected chi connectivity index (χ3v) is 13.4. The van der Waals surface area contributed by atoms with E-state index in [0.29, 0.717) is 9.16 Å². The highest BCUT2D eigenvalue weighted by atomic mass is 32.2. The molecule has 126 valence electrons. The molecule has 3 heterocycles. The zero-order chi connectivity index (χ0) is 15.9. The van der Waals surface area contributed by atoms with Crippen LogP contribution in [0.15, 0.2) is 46.2 Å². The van der Waals surface area contributed by atoms with Crippen LogP contribution in [0, 0.1) is 0 Å². The van der Waals surface area contributed by atoms with Gasteiger partial charge >= 0.3 is 0 Å². The lowest BCUT2D eigenvalue weighted by molar-refractivity contribution is 1.18. The number of rotatable bonds is 6. The van der Waals surface area contributed by atoms with Gasteiger partial charge < -0.3 is 0 Å². The third kappa shape index (κ3) is 4.04. The van der Waals surface area contributed by atoms with Gasteiger partial charge in [-0.25, -0.2) is 0 Å². The molecule has 24 heavy (non-hydrogen) atoms. The van der Waals surface area contributed by atoms with E-state index in [2.05, 4.69) is 107 Å². The van der Waals surface area contributed by atoms with Crippen LogP contribution in [0.25, 0.3) is 10.8 Å². The minimum absolute atomic E-state index is 0.693. The summed E-state index contributed by atoms with van der Waals surface area (Å²) in [5.41, 5.74) is 0. The Kier molecular flexibility index (Phi) is 5.24. The second-order valence-corrected chi connectivity index (χ2v) is 14.2. The summed E-state index contributed by atoms with van der Waals surface area (Å²) in [6.45, 7) is 0. The second kappa shape index (κ2) is 7.43. The minimum atomic E-state index is 0.693. The van der Waals surface area contributed by atoms with Gasteiger partial charge in [0.25, 0.3) is 0 Å². The summed E-state index contributed by atoms with van der Waals surface area (Å²) in [4.78, 5) is 2.99. The van der Waals surface area contributed by atoms with E-state index in [1.54, 1.807) is 0 Å². The smallest absolute Gasteiger partial charge is 0.0763 e. The Morgan fingerprint density at radius 3 is 1.67 bits per heavy atom. The Hall–Kier alpha value is 0.800. The van der Waals surface area contributed by atoms with Gasteiger partial charge in [-0.2, -0.15) is 23.5 Å². The van der Waals surface area contributed by atoms with Crippen LogP contribution in [-0.4, -0.2) is 42.7 Å². The summed E-state index contributed by atoms with van der Waals surface area (Å²) in [6.07, 6.45) is 0. The minimum Gasteiger partial charge on any atom is -0.156 e. The number of hydrogen-bond acceptors (Lipinski definition) is 6. The average molecular weight is 427 g/mol. The van der Waals surface area contributed by atoms with Gasteiger partial charge in [-0.1, -0.05) is 24.3 Å². The summed E-state index contributed by atoms with van der Waals surface area (Å²) in [5, 5.41) is 4.63. The Balaban J connectivity index is 1.39. The number of fused-ring (bicyclic) bond motifs is 2. The summed E-state index contributed by atoms with van der Waals surface area (Å²) in [7, 11) is 0. The molecule has 0 nitrogen and oxygen atoms in total. The molecule has 3 aliphatic heterocycles. The van der Waals surface area contributed by atoms with Crippen LogP contribution in [0.4, 0.5) is 0 Å². The Bertz CT molecular complexity index is 677.